The maximum Gasteiger partial charge on any atom is 0.160 e. The summed E-state index contributed by atoms with van der Waals surface area (Å²) < 4.78 is 0. The molecular formula is C81H50N4. The van der Waals surface area contributed by atoms with Crippen LogP contribution in [0.25, 0.3) is 144 Å². The first kappa shape index (κ1) is 48.5. The van der Waals surface area contributed by atoms with Crippen LogP contribution in [-0.4, -0.2) is 19.9 Å². The molecule has 4 nitrogen and oxygen atoms in total. The number of hydrogen-bond donors (Lipinski definition) is 0. The van der Waals surface area contributed by atoms with E-state index in [1.165, 1.54) is 43.1 Å². The predicted molar refractivity (Wildman–Crippen MR) is 353 cm³/mol. The van der Waals surface area contributed by atoms with Gasteiger partial charge in [-0.05, 0) is 147 Å². The third kappa shape index (κ3) is 7.91. The van der Waals surface area contributed by atoms with Crippen LogP contribution in [0, 0.1) is 0 Å². The quantitative estimate of drug-likeness (QED) is 0.142. The average molecular weight is 1080 g/mol. The number of para-hydroxylation sites is 2. The van der Waals surface area contributed by atoms with Gasteiger partial charge in [-0.15, -0.1) is 0 Å². The molecule has 85 heavy (non-hydrogen) atoms. The second-order valence-corrected chi connectivity index (χ2v) is 22.4. The van der Waals surface area contributed by atoms with Crippen LogP contribution in [0.15, 0.2) is 303 Å². The zero-order valence-electron chi connectivity index (χ0n) is 46.2. The molecule has 0 radical (unpaired) electrons. The number of hydrogen-bond acceptors (Lipinski definition) is 4. The summed E-state index contributed by atoms with van der Waals surface area (Å²) in [7, 11) is 0. The molecule has 0 saturated carbocycles. The minimum absolute atomic E-state index is 0.668. The second-order valence-electron chi connectivity index (χ2n) is 22.4. The van der Waals surface area contributed by atoms with Crippen LogP contribution in [0.1, 0.15) is 22.3 Å². The summed E-state index contributed by atoms with van der Waals surface area (Å²) in [6.07, 6.45) is 0. The van der Waals surface area contributed by atoms with Crippen molar-refractivity contribution in [3.8, 4) is 78.7 Å². The van der Waals surface area contributed by atoms with E-state index in [2.05, 4.69) is 303 Å². The molecule has 1 aliphatic rings. The smallest absolute Gasteiger partial charge is 0.160 e. The van der Waals surface area contributed by atoms with Gasteiger partial charge in [-0.1, -0.05) is 255 Å². The lowest BCUT2D eigenvalue weighted by Gasteiger charge is -2.34. The number of nitrogens with zero attached hydrogens (tertiary/aromatic N) is 4. The standard InChI is InChI=1S/C81H50N4/c1-3-23-63(24-4-1)81(64-25-5-2-6-26-64)73-49-61(79-82-75-31-13-11-29-71(75)77(84-79)59-21-15-19-53(47-59)55-37-41-67-57(45-55)35-33-51-17-7-9-27-65(51)67)39-43-69(73)70-44-40-62(50-74(70)81)80-83-76-32-14-12-30-72(76)78(85-80)60-22-16-20-54(48-60)56-38-42-68-58(46-56)36-34-52-18-8-10-28-66(52)68/h1-50H. The fourth-order valence-corrected chi connectivity index (χ4v) is 13.7. The molecule has 394 valence electrons. The van der Waals surface area contributed by atoms with E-state index in [1.54, 1.807) is 0 Å². The summed E-state index contributed by atoms with van der Waals surface area (Å²) in [6.45, 7) is 0. The van der Waals surface area contributed by atoms with E-state index in [1.807, 2.05) is 0 Å². The molecule has 0 atom stereocenters. The fourth-order valence-electron chi connectivity index (χ4n) is 13.7. The Bertz CT molecular complexity index is 5040. The van der Waals surface area contributed by atoms with Crippen molar-refractivity contribution in [3.05, 3.63) is 326 Å². The second kappa shape index (κ2) is 19.5. The molecule has 4 heteroatoms. The van der Waals surface area contributed by atoms with Crippen molar-refractivity contribution in [2.24, 2.45) is 0 Å². The Morgan fingerprint density at radius 3 is 1.05 bits per heavy atom. The molecule has 0 N–H and O–H groups in total. The lowest BCUT2D eigenvalue weighted by Crippen LogP contribution is -2.28. The Balaban J connectivity index is 0.798. The Morgan fingerprint density at radius 2 is 0.576 bits per heavy atom. The monoisotopic (exact) mass is 1080 g/mol. The first-order valence-electron chi connectivity index (χ1n) is 29.1. The van der Waals surface area contributed by atoms with E-state index >= 15 is 0 Å². The van der Waals surface area contributed by atoms with E-state index < -0.39 is 5.41 Å². The van der Waals surface area contributed by atoms with Crippen molar-refractivity contribution in [1.82, 2.24) is 19.9 Å². The molecule has 2 aromatic heterocycles. The van der Waals surface area contributed by atoms with Gasteiger partial charge in [0.15, 0.2) is 11.6 Å². The largest absolute Gasteiger partial charge is 0.228 e. The van der Waals surface area contributed by atoms with Gasteiger partial charge in [0.2, 0.25) is 0 Å². The number of aromatic nitrogens is 4. The summed E-state index contributed by atoms with van der Waals surface area (Å²) in [6, 6.07) is 110. The van der Waals surface area contributed by atoms with Crippen molar-refractivity contribution in [2.45, 2.75) is 5.41 Å². The molecule has 2 heterocycles. The summed E-state index contributed by atoms with van der Waals surface area (Å²) in [5.74, 6) is 1.34. The van der Waals surface area contributed by atoms with Gasteiger partial charge in [-0.25, -0.2) is 19.9 Å². The SMILES string of the molecule is c1ccc(C2(c3ccccc3)c3cc(-c4nc(-c5cccc(-c6ccc7c(ccc8ccccc87)c6)c5)c5ccccc5n4)ccc3-c3ccc(-c4nc(-c5cccc(-c6ccc7c(ccc8ccccc87)c6)c5)c5ccccc5n4)cc32)cc1. The van der Waals surface area contributed by atoms with Gasteiger partial charge in [0.05, 0.1) is 27.8 Å². The highest BCUT2D eigenvalue weighted by Gasteiger charge is 2.46. The Kier molecular flexibility index (Phi) is 11.1. The molecule has 0 fully saturated rings. The average Bonchev–Trinajstić information content (AvgIpc) is 1.77. The van der Waals surface area contributed by atoms with Crippen molar-refractivity contribution in [3.63, 3.8) is 0 Å². The summed E-state index contributed by atoms with van der Waals surface area (Å²) >= 11 is 0. The number of benzene rings is 14. The Hall–Kier alpha value is -11.2. The lowest BCUT2D eigenvalue weighted by atomic mass is 9.67. The number of rotatable bonds is 8. The highest BCUT2D eigenvalue weighted by molar-refractivity contribution is 6.10. The van der Waals surface area contributed by atoms with Crippen LogP contribution >= 0.6 is 0 Å². The van der Waals surface area contributed by atoms with Gasteiger partial charge >= 0.3 is 0 Å². The molecule has 17 rings (SSSR count). The van der Waals surface area contributed by atoms with Crippen molar-refractivity contribution in [2.75, 3.05) is 0 Å². The highest BCUT2D eigenvalue weighted by Crippen LogP contribution is 2.57. The van der Waals surface area contributed by atoms with Gasteiger partial charge in [0, 0.05) is 33.0 Å². The van der Waals surface area contributed by atoms with Crippen LogP contribution in [-0.2, 0) is 5.41 Å². The molecular weight excluding hydrogens is 1030 g/mol. The molecule has 0 bridgehead atoms. The minimum atomic E-state index is -0.737. The molecule has 0 spiro atoms. The topological polar surface area (TPSA) is 51.6 Å². The van der Waals surface area contributed by atoms with Crippen molar-refractivity contribution >= 4 is 64.9 Å². The first-order chi connectivity index (χ1) is 42.1. The maximum absolute atomic E-state index is 5.56. The summed E-state index contributed by atoms with van der Waals surface area (Å²) in [5, 5.41) is 12.0. The van der Waals surface area contributed by atoms with E-state index in [0.717, 1.165) is 111 Å². The Morgan fingerprint density at radius 1 is 0.212 bits per heavy atom. The van der Waals surface area contributed by atoms with E-state index in [0.29, 0.717) is 11.6 Å². The van der Waals surface area contributed by atoms with Gasteiger partial charge in [0.25, 0.3) is 0 Å². The maximum atomic E-state index is 5.56. The highest BCUT2D eigenvalue weighted by atomic mass is 14.9. The van der Waals surface area contributed by atoms with Crippen LogP contribution in [0.4, 0.5) is 0 Å². The predicted octanol–water partition coefficient (Wildman–Crippen LogP) is 20.6. The molecule has 14 aromatic carbocycles. The molecule has 0 unspecified atom stereocenters. The number of fused-ring (bicyclic) bond motifs is 11. The zero-order valence-corrected chi connectivity index (χ0v) is 46.2. The molecule has 16 aromatic rings. The first-order valence-corrected chi connectivity index (χ1v) is 29.1. The third-order valence-corrected chi connectivity index (χ3v) is 17.7. The molecule has 0 aliphatic heterocycles. The van der Waals surface area contributed by atoms with E-state index in [-0.39, 0.29) is 0 Å². The van der Waals surface area contributed by atoms with E-state index in [4.69, 9.17) is 19.9 Å². The fraction of sp³-hybridized carbons (Fsp3) is 0.0123. The van der Waals surface area contributed by atoms with Gasteiger partial charge in [-0.2, -0.15) is 0 Å². The minimum Gasteiger partial charge on any atom is -0.228 e. The lowest BCUT2D eigenvalue weighted by molar-refractivity contribution is 0.768. The van der Waals surface area contributed by atoms with Crippen molar-refractivity contribution < 1.29 is 0 Å². The van der Waals surface area contributed by atoms with Crippen LogP contribution < -0.4 is 0 Å². The van der Waals surface area contributed by atoms with E-state index in [9.17, 15) is 0 Å². The molecule has 0 saturated heterocycles. The normalized spacial score (nSPS) is 12.6. The van der Waals surface area contributed by atoms with Gasteiger partial charge in [0.1, 0.15) is 0 Å². The summed E-state index contributed by atoms with van der Waals surface area (Å²) in [5.41, 5.74) is 18.3. The van der Waals surface area contributed by atoms with Crippen LogP contribution in [0.5, 0.6) is 0 Å². The van der Waals surface area contributed by atoms with Crippen molar-refractivity contribution in [1.29, 1.82) is 0 Å². The summed E-state index contributed by atoms with van der Waals surface area (Å²) in [4.78, 5) is 21.8. The molecule has 0 amide bonds. The zero-order chi connectivity index (χ0) is 56.0. The van der Waals surface area contributed by atoms with Crippen LogP contribution in [0.3, 0.4) is 0 Å². The Labute approximate surface area is 491 Å². The van der Waals surface area contributed by atoms with Gasteiger partial charge in [-0.3, -0.25) is 0 Å². The van der Waals surface area contributed by atoms with Gasteiger partial charge < -0.3 is 0 Å². The third-order valence-electron chi connectivity index (χ3n) is 17.7. The van der Waals surface area contributed by atoms with Crippen LogP contribution in [0.2, 0.25) is 0 Å². The molecule has 1 aliphatic carbocycles.